The van der Waals surface area contributed by atoms with Gasteiger partial charge in [0.1, 0.15) is 0 Å². The van der Waals surface area contributed by atoms with Crippen LogP contribution in [0.2, 0.25) is 0 Å². The first-order valence-electron chi connectivity index (χ1n) is 6.25. The van der Waals surface area contributed by atoms with Crippen LogP contribution in [-0.2, 0) is 6.54 Å². The molecule has 1 N–H and O–H groups in total. The van der Waals surface area contributed by atoms with Crippen LogP contribution in [0, 0.1) is 20.8 Å². The molecule has 0 fully saturated rings. The Morgan fingerprint density at radius 3 is 2.61 bits per heavy atom. The lowest BCUT2D eigenvalue weighted by Gasteiger charge is -2.25. The quantitative estimate of drug-likeness (QED) is 0.914. The van der Waals surface area contributed by atoms with Gasteiger partial charge in [-0.3, -0.25) is 10.00 Å². The van der Waals surface area contributed by atoms with E-state index in [1.54, 1.807) is 0 Å². The average molecular weight is 263 g/mol. The third kappa shape index (κ3) is 2.49. The number of hydrogen-bond acceptors (Lipinski definition) is 3. The Balaban J connectivity index is 2.14. The maximum absolute atomic E-state index is 4.29. The molecule has 98 valence electrons. The minimum Gasteiger partial charge on any atom is -0.294 e. The zero-order valence-corrected chi connectivity index (χ0v) is 12.6. The highest BCUT2D eigenvalue weighted by Crippen LogP contribution is 2.27. The van der Waals surface area contributed by atoms with Gasteiger partial charge in [0.05, 0.1) is 5.69 Å². The first-order valence-corrected chi connectivity index (χ1v) is 7.13. The van der Waals surface area contributed by atoms with Crippen LogP contribution in [0.15, 0.2) is 11.4 Å². The molecule has 0 amide bonds. The molecule has 18 heavy (non-hydrogen) atoms. The third-order valence-electron chi connectivity index (χ3n) is 3.63. The van der Waals surface area contributed by atoms with Crippen molar-refractivity contribution < 1.29 is 0 Å². The number of aryl methyl sites for hydroxylation is 3. The molecular formula is C14H21N3S. The minimum absolute atomic E-state index is 0.380. The molecule has 0 saturated heterocycles. The minimum atomic E-state index is 0.380. The highest BCUT2D eigenvalue weighted by Gasteiger charge is 2.19. The predicted molar refractivity (Wildman–Crippen MR) is 77.0 cm³/mol. The lowest BCUT2D eigenvalue weighted by atomic mass is 10.1. The lowest BCUT2D eigenvalue weighted by molar-refractivity contribution is 0.253. The van der Waals surface area contributed by atoms with Crippen molar-refractivity contribution >= 4 is 11.3 Å². The lowest BCUT2D eigenvalue weighted by Crippen LogP contribution is -2.22. The summed E-state index contributed by atoms with van der Waals surface area (Å²) in [5.74, 6) is 0. The van der Waals surface area contributed by atoms with Crippen molar-refractivity contribution in [1.82, 2.24) is 15.1 Å². The molecule has 0 saturated carbocycles. The van der Waals surface area contributed by atoms with E-state index in [2.05, 4.69) is 61.3 Å². The van der Waals surface area contributed by atoms with Gasteiger partial charge in [0.2, 0.25) is 0 Å². The second-order valence-corrected chi connectivity index (χ2v) is 5.97. The van der Waals surface area contributed by atoms with Gasteiger partial charge in [0.25, 0.3) is 0 Å². The molecule has 2 rings (SSSR count). The van der Waals surface area contributed by atoms with Crippen LogP contribution in [0.1, 0.15) is 40.4 Å². The van der Waals surface area contributed by atoms with Crippen LogP contribution in [0.25, 0.3) is 0 Å². The normalized spacial score (nSPS) is 13.2. The van der Waals surface area contributed by atoms with Crippen LogP contribution in [0.3, 0.4) is 0 Å². The van der Waals surface area contributed by atoms with E-state index >= 15 is 0 Å². The van der Waals surface area contributed by atoms with Crippen molar-refractivity contribution in [3.63, 3.8) is 0 Å². The number of nitrogens with zero attached hydrogens (tertiary/aromatic N) is 2. The Morgan fingerprint density at radius 1 is 1.39 bits per heavy atom. The number of H-pyrrole nitrogens is 1. The number of thiophene rings is 1. The van der Waals surface area contributed by atoms with Crippen molar-refractivity contribution in [3.05, 3.63) is 38.8 Å². The SMILES string of the molecule is Cc1ccsc1CN(C)[C@@H](C)c1c(C)n[nH]c1C. The summed E-state index contributed by atoms with van der Waals surface area (Å²) >= 11 is 1.84. The van der Waals surface area contributed by atoms with Gasteiger partial charge in [0.15, 0.2) is 0 Å². The summed E-state index contributed by atoms with van der Waals surface area (Å²) in [5, 5.41) is 9.52. The highest BCUT2D eigenvalue weighted by molar-refractivity contribution is 7.10. The van der Waals surface area contributed by atoms with Crippen molar-refractivity contribution in [2.75, 3.05) is 7.05 Å². The van der Waals surface area contributed by atoms with E-state index in [0.717, 1.165) is 12.2 Å². The number of rotatable bonds is 4. The molecule has 0 bridgehead atoms. The Hall–Kier alpha value is -1.13. The standard InChI is InChI=1S/C14H21N3S/c1-9-6-7-18-13(9)8-17(5)12(4)14-10(2)15-16-11(14)3/h6-7,12H,8H2,1-5H3,(H,15,16)/t12-/m0/s1. The van der Waals surface area contributed by atoms with Gasteiger partial charge < -0.3 is 0 Å². The second kappa shape index (κ2) is 5.24. The van der Waals surface area contributed by atoms with Gasteiger partial charge in [-0.1, -0.05) is 0 Å². The first kappa shape index (κ1) is 13.3. The molecule has 0 aromatic carbocycles. The molecule has 0 radical (unpaired) electrons. The van der Waals surface area contributed by atoms with Crippen molar-refractivity contribution in [3.8, 4) is 0 Å². The van der Waals surface area contributed by atoms with Gasteiger partial charge in [-0.05, 0) is 51.8 Å². The maximum Gasteiger partial charge on any atom is 0.0641 e. The highest BCUT2D eigenvalue weighted by atomic mass is 32.1. The third-order valence-corrected chi connectivity index (χ3v) is 4.63. The fraction of sp³-hybridized carbons (Fsp3) is 0.500. The van der Waals surface area contributed by atoms with E-state index < -0.39 is 0 Å². The second-order valence-electron chi connectivity index (χ2n) is 4.97. The molecule has 0 aliphatic carbocycles. The van der Waals surface area contributed by atoms with Crippen LogP contribution in [0.5, 0.6) is 0 Å². The molecule has 0 unspecified atom stereocenters. The summed E-state index contributed by atoms with van der Waals surface area (Å²) in [6.07, 6.45) is 0. The Morgan fingerprint density at radius 2 is 2.11 bits per heavy atom. The van der Waals surface area contributed by atoms with Crippen molar-refractivity contribution in [2.45, 2.75) is 40.3 Å². The summed E-state index contributed by atoms with van der Waals surface area (Å²) in [4.78, 5) is 3.83. The molecule has 2 heterocycles. The van der Waals surface area contributed by atoms with E-state index in [1.807, 2.05) is 11.3 Å². The van der Waals surface area contributed by atoms with E-state index in [0.29, 0.717) is 6.04 Å². The van der Waals surface area contributed by atoms with Crippen LogP contribution >= 0.6 is 11.3 Å². The molecule has 4 heteroatoms. The van der Waals surface area contributed by atoms with Gasteiger partial charge in [-0.15, -0.1) is 11.3 Å². The van der Waals surface area contributed by atoms with Crippen molar-refractivity contribution in [2.24, 2.45) is 0 Å². The van der Waals surface area contributed by atoms with Gasteiger partial charge >= 0.3 is 0 Å². The van der Waals surface area contributed by atoms with E-state index in [4.69, 9.17) is 0 Å². The smallest absolute Gasteiger partial charge is 0.0641 e. The van der Waals surface area contributed by atoms with Crippen LogP contribution in [0.4, 0.5) is 0 Å². The van der Waals surface area contributed by atoms with Crippen molar-refractivity contribution in [1.29, 1.82) is 0 Å². The topological polar surface area (TPSA) is 31.9 Å². The molecular weight excluding hydrogens is 242 g/mol. The molecule has 2 aromatic rings. The van der Waals surface area contributed by atoms with Gasteiger partial charge in [-0.2, -0.15) is 5.10 Å². The molecule has 3 nitrogen and oxygen atoms in total. The van der Waals surface area contributed by atoms with Gasteiger partial charge in [-0.25, -0.2) is 0 Å². The van der Waals surface area contributed by atoms with Gasteiger partial charge in [0, 0.05) is 28.7 Å². The largest absolute Gasteiger partial charge is 0.294 e. The summed E-state index contributed by atoms with van der Waals surface area (Å²) in [5.41, 5.74) is 5.00. The molecule has 0 aliphatic heterocycles. The average Bonchev–Trinajstić information content (AvgIpc) is 2.86. The maximum atomic E-state index is 4.29. The predicted octanol–water partition coefficient (Wildman–Crippen LogP) is 3.59. The Bertz CT molecular complexity index is 507. The zero-order valence-electron chi connectivity index (χ0n) is 11.7. The number of hydrogen-bond donors (Lipinski definition) is 1. The number of aromatic nitrogens is 2. The van der Waals surface area contributed by atoms with E-state index in [9.17, 15) is 0 Å². The van der Waals surface area contributed by atoms with E-state index in [-0.39, 0.29) is 0 Å². The summed E-state index contributed by atoms with van der Waals surface area (Å²) in [6, 6.07) is 2.57. The van der Waals surface area contributed by atoms with Crippen LogP contribution in [-0.4, -0.2) is 22.1 Å². The number of nitrogens with one attached hydrogen (secondary N) is 1. The fourth-order valence-corrected chi connectivity index (χ4v) is 3.29. The summed E-state index contributed by atoms with van der Waals surface area (Å²) in [6.45, 7) is 9.58. The Kier molecular flexibility index (Phi) is 3.88. The molecule has 2 aromatic heterocycles. The first-order chi connectivity index (χ1) is 8.50. The molecule has 0 spiro atoms. The summed E-state index contributed by atoms with van der Waals surface area (Å²) in [7, 11) is 2.18. The monoisotopic (exact) mass is 263 g/mol. The van der Waals surface area contributed by atoms with E-state index in [1.165, 1.54) is 21.7 Å². The fourth-order valence-electron chi connectivity index (χ4n) is 2.33. The molecule has 1 atom stereocenters. The zero-order chi connectivity index (χ0) is 13.3. The van der Waals surface area contributed by atoms with Crippen LogP contribution < -0.4 is 0 Å². The summed E-state index contributed by atoms with van der Waals surface area (Å²) < 4.78 is 0. The number of aromatic amines is 1. The molecule has 0 aliphatic rings. The Labute approximate surface area is 113 Å².